The van der Waals surface area contributed by atoms with Crippen LogP contribution in [0.5, 0.6) is 0 Å². The monoisotopic (exact) mass is 901 g/mol. The third-order valence-electron chi connectivity index (χ3n) is 12.8. The van der Waals surface area contributed by atoms with Crippen molar-refractivity contribution >= 4 is 13.7 Å². The molecule has 2 N–H and O–H groups in total. The van der Waals surface area contributed by atoms with E-state index in [0.717, 1.165) is 38.5 Å². The number of nitrogens with one attached hydrogen (secondary N) is 1. The summed E-state index contributed by atoms with van der Waals surface area (Å²) in [4.78, 5) is 25.3. The number of phosphoric ester groups is 1. The van der Waals surface area contributed by atoms with Gasteiger partial charge in [0.05, 0.1) is 39.9 Å². The van der Waals surface area contributed by atoms with E-state index in [2.05, 4.69) is 19.2 Å². The summed E-state index contributed by atoms with van der Waals surface area (Å²) in [6.45, 7) is 4.73. The van der Waals surface area contributed by atoms with Gasteiger partial charge in [-0.15, -0.1) is 0 Å². The van der Waals surface area contributed by atoms with Crippen molar-refractivity contribution in [3.63, 3.8) is 0 Å². The number of hydrogen-bond donors (Lipinski definition) is 2. The number of carbonyl (C=O) groups is 1. The summed E-state index contributed by atoms with van der Waals surface area (Å²) in [5, 5.41) is 13.9. The minimum Gasteiger partial charge on any atom is -0.756 e. The highest BCUT2D eigenvalue weighted by Crippen LogP contribution is 2.38. The predicted octanol–water partition coefficient (Wildman–Crippen LogP) is 15.5. The van der Waals surface area contributed by atoms with E-state index in [0.29, 0.717) is 23.9 Å². The molecule has 62 heavy (non-hydrogen) atoms. The molecule has 0 heterocycles. The Balaban J connectivity index is 3.91. The molecular weight excluding hydrogens is 792 g/mol. The number of carbonyl (C=O) groups excluding carboxylic acids is 1. The van der Waals surface area contributed by atoms with Gasteiger partial charge in [-0.25, -0.2) is 0 Å². The lowest BCUT2D eigenvalue weighted by Crippen LogP contribution is -2.46. The van der Waals surface area contributed by atoms with Gasteiger partial charge in [-0.1, -0.05) is 264 Å². The molecule has 8 nitrogen and oxygen atoms in total. The third-order valence-corrected chi connectivity index (χ3v) is 13.8. The average molecular weight is 901 g/mol. The minimum atomic E-state index is -4.56. The zero-order chi connectivity index (χ0) is 45.7. The number of aliphatic hydroxyl groups excluding tert-OH is 1. The first-order chi connectivity index (χ1) is 30.0. The molecule has 0 aliphatic heterocycles. The number of hydrogen-bond acceptors (Lipinski definition) is 6. The van der Waals surface area contributed by atoms with Crippen LogP contribution in [-0.4, -0.2) is 68.5 Å². The van der Waals surface area contributed by atoms with Crippen LogP contribution >= 0.6 is 7.82 Å². The number of aliphatic hydroxyl groups is 1. The van der Waals surface area contributed by atoms with Gasteiger partial charge in [0.1, 0.15) is 13.2 Å². The highest BCUT2D eigenvalue weighted by molar-refractivity contribution is 7.45. The number of phosphoric acid groups is 1. The standard InChI is InChI=1S/C53H109N2O6P/c1-6-8-10-12-14-16-17-18-19-20-21-22-23-24-25-26-27-28-29-30-31-32-33-34-35-36-37-39-40-42-44-46-52(56)51(50-61-62(58,59)60-49-48-55(3,4)5)54-53(57)47-45-43-41-38-15-13-11-9-7-2/h51-52,56H,6-50H2,1-5H3,(H-,54,57,58,59). The van der Waals surface area contributed by atoms with Crippen molar-refractivity contribution in [1.82, 2.24) is 5.32 Å². The van der Waals surface area contributed by atoms with Gasteiger partial charge in [-0.05, 0) is 12.8 Å². The van der Waals surface area contributed by atoms with E-state index >= 15 is 0 Å². The molecule has 9 heteroatoms. The Morgan fingerprint density at radius 1 is 0.500 bits per heavy atom. The van der Waals surface area contributed by atoms with Gasteiger partial charge in [0.25, 0.3) is 7.82 Å². The van der Waals surface area contributed by atoms with Crippen molar-refractivity contribution in [3.05, 3.63) is 0 Å². The summed E-state index contributed by atoms with van der Waals surface area (Å²) in [5.74, 6) is -0.164. The van der Waals surface area contributed by atoms with Crippen LogP contribution in [0.3, 0.4) is 0 Å². The molecule has 0 aliphatic rings. The summed E-state index contributed by atoms with van der Waals surface area (Å²) in [6, 6.07) is -0.793. The normalized spacial score (nSPS) is 14.0. The van der Waals surface area contributed by atoms with E-state index in [-0.39, 0.29) is 19.1 Å². The Hall–Kier alpha value is -0.500. The van der Waals surface area contributed by atoms with Crippen LogP contribution in [0.2, 0.25) is 0 Å². The van der Waals surface area contributed by atoms with Crippen LogP contribution in [0.25, 0.3) is 0 Å². The summed E-state index contributed by atoms with van der Waals surface area (Å²) in [6.07, 6.45) is 53.0. The van der Waals surface area contributed by atoms with Gasteiger partial charge in [0.2, 0.25) is 5.91 Å². The maximum atomic E-state index is 12.8. The second kappa shape index (κ2) is 45.6. The molecule has 1 amide bonds. The molecule has 0 fully saturated rings. The van der Waals surface area contributed by atoms with E-state index in [9.17, 15) is 19.4 Å². The summed E-state index contributed by atoms with van der Waals surface area (Å²) >= 11 is 0. The fourth-order valence-electron chi connectivity index (χ4n) is 8.51. The van der Waals surface area contributed by atoms with Crippen molar-refractivity contribution in [2.24, 2.45) is 0 Å². The molecule has 0 rings (SSSR count). The van der Waals surface area contributed by atoms with Gasteiger partial charge < -0.3 is 28.8 Å². The zero-order valence-electron chi connectivity index (χ0n) is 42.4. The number of quaternary nitrogens is 1. The Bertz CT molecular complexity index is 978. The lowest BCUT2D eigenvalue weighted by atomic mass is 10.0. The minimum absolute atomic E-state index is 0.0160. The largest absolute Gasteiger partial charge is 0.756 e. The Morgan fingerprint density at radius 3 is 1.10 bits per heavy atom. The van der Waals surface area contributed by atoms with Gasteiger partial charge in [-0.3, -0.25) is 9.36 Å². The van der Waals surface area contributed by atoms with Gasteiger partial charge in [0, 0.05) is 6.42 Å². The Labute approximate surface area is 387 Å². The quantitative estimate of drug-likeness (QED) is 0.0358. The predicted molar refractivity (Wildman–Crippen MR) is 266 cm³/mol. The molecule has 0 radical (unpaired) electrons. The van der Waals surface area contributed by atoms with Gasteiger partial charge >= 0.3 is 0 Å². The number of amides is 1. The first kappa shape index (κ1) is 61.5. The molecule has 0 saturated carbocycles. The summed E-state index contributed by atoms with van der Waals surface area (Å²) in [7, 11) is 1.32. The van der Waals surface area contributed by atoms with Crippen LogP contribution < -0.4 is 10.2 Å². The van der Waals surface area contributed by atoms with Crippen molar-refractivity contribution < 1.29 is 32.9 Å². The fraction of sp³-hybridized carbons (Fsp3) is 0.981. The molecule has 0 aromatic heterocycles. The molecule has 0 spiro atoms. The number of likely N-dealkylation sites (N-methyl/N-ethyl adjacent to an activating group) is 1. The Kier molecular flexibility index (Phi) is 45.3. The lowest BCUT2D eigenvalue weighted by Gasteiger charge is -2.30. The van der Waals surface area contributed by atoms with Crippen LogP contribution in [-0.2, 0) is 18.4 Å². The van der Waals surface area contributed by atoms with E-state index in [1.54, 1.807) is 0 Å². The lowest BCUT2D eigenvalue weighted by molar-refractivity contribution is -0.870. The van der Waals surface area contributed by atoms with Crippen LogP contribution in [0.15, 0.2) is 0 Å². The van der Waals surface area contributed by atoms with E-state index in [4.69, 9.17) is 9.05 Å². The number of nitrogens with zero attached hydrogens (tertiary/aromatic N) is 1. The third kappa shape index (κ3) is 47.5. The first-order valence-electron chi connectivity index (χ1n) is 27.4. The second-order valence-corrected chi connectivity index (χ2v) is 21.7. The topological polar surface area (TPSA) is 108 Å². The van der Waals surface area contributed by atoms with Crippen LogP contribution in [0.4, 0.5) is 0 Å². The van der Waals surface area contributed by atoms with E-state index in [1.807, 2.05) is 21.1 Å². The molecule has 372 valence electrons. The highest BCUT2D eigenvalue weighted by Gasteiger charge is 2.24. The summed E-state index contributed by atoms with van der Waals surface area (Å²) in [5.41, 5.74) is 0. The van der Waals surface area contributed by atoms with Crippen LogP contribution in [0.1, 0.15) is 284 Å². The van der Waals surface area contributed by atoms with Crippen molar-refractivity contribution in [3.8, 4) is 0 Å². The van der Waals surface area contributed by atoms with Gasteiger partial charge in [-0.2, -0.15) is 0 Å². The Morgan fingerprint density at radius 2 is 0.790 bits per heavy atom. The highest BCUT2D eigenvalue weighted by atomic mass is 31.2. The van der Waals surface area contributed by atoms with E-state index < -0.39 is 20.0 Å². The summed E-state index contributed by atoms with van der Waals surface area (Å²) < 4.78 is 23.3. The maximum Gasteiger partial charge on any atom is 0.268 e. The number of rotatable bonds is 51. The number of unbranched alkanes of at least 4 members (excludes halogenated alkanes) is 38. The SMILES string of the molecule is CCCCCCCCCCCCCCCCCCCCCCCCCCCCCCCCCC(O)C(COP(=O)([O-])OCC[N+](C)(C)C)NC(=O)CCCCCCCCCCC. The zero-order valence-corrected chi connectivity index (χ0v) is 43.3. The fourth-order valence-corrected chi connectivity index (χ4v) is 9.24. The van der Waals surface area contributed by atoms with Gasteiger partial charge in [0.15, 0.2) is 0 Å². The molecule has 3 atom stereocenters. The first-order valence-corrected chi connectivity index (χ1v) is 28.8. The molecular formula is C53H109N2O6P. The van der Waals surface area contributed by atoms with Crippen molar-refractivity contribution in [1.29, 1.82) is 0 Å². The average Bonchev–Trinajstić information content (AvgIpc) is 3.23. The van der Waals surface area contributed by atoms with E-state index in [1.165, 1.54) is 218 Å². The second-order valence-electron chi connectivity index (χ2n) is 20.3. The molecule has 0 saturated heterocycles. The molecule has 0 aromatic rings. The van der Waals surface area contributed by atoms with Crippen molar-refractivity contribution in [2.45, 2.75) is 296 Å². The molecule has 3 unspecified atom stereocenters. The molecule has 0 aromatic carbocycles. The smallest absolute Gasteiger partial charge is 0.268 e. The molecule has 0 aliphatic carbocycles. The maximum absolute atomic E-state index is 12.8. The van der Waals surface area contributed by atoms with Crippen molar-refractivity contribution in [2.75, 3.05) is 40.9 Å². The molecule has 0 bridgehead atoms. The van der Waals surface area contributed by atoms with Crippen LogP contribution in [0, 0.1) is 0 Å².